The maximum Gasteiger partial charge on any atom is 0.348 e. The fraction of sp³-hybridized carbons (Fsp3) is 0.324. The number of esters is 2. The molecule has 1 fully saturated rings. The molecule has 5 rings (SSSR count). The Morgan fingerprint density at radius 3 is 2.39 bits per heavy atom. The summed E-state index contributed by atoms with van der Waals surface area (Å²) in [5.74, 6) is 0.179. The lowest BCUT2D eigenvalue weighted by Crippen LogP contribution is -2.48. The third-order valence-electron chi connectivity index (χ3n) is 7.94. The molecule has 1 aliphatic heterocycles. The molecule has 242 valence electrons. The van der Waals surface area contributed by atoms with Crippen molar-refractivity contribution in [3.8, 4) is 11.5 Å². The first-order chi connectivity index (χ1) is 22.3. The largest absolute Gasteiger partial charge is 0.493 e. The summed E-state index contributed by atoms with van der Waals surface area (Å²) in [6.07, 6.45) is 3.47. The highest BCUT2D eigenvalue weighted by Gasteiger charge is 2.29. The van der Waals surface area contributed by atoms with Crippen LogP contribution in [-0.2, 0) is 27.2 Å². The molecule has 0 spiro atoms. The van der Waals surface area contributed by atoms with E-state index in [9.17, 15) is 9.59 Å². The van der Waals surface area contributed by atoms with Crippen molar-refractivity contribution in [2.45, 2.75) is 37.6 Å². The Balaban J connectivity index is 1.30. The van der Waals surface area contributed by atoms with Gasteiger partial charge in [0.1, 0.15) is 23.6 Å². The van der Waals surface area contributed by atoms with Crippen molar-refractivity contribution in [3.05, 3.63) is 110 Å². The number of carbonyl (C=O) groups excluding carboxylic acids is 2. The summed E-state index contributed by atoms with van der Waals surface area (Å²) in [6.45, 7) is 1.70. The van der Waals surface area contributed by atoms with Gasteiger partial charge in [0.05, 0.1) is 24.3 Å². The molecule has 0 aliphatic carbocycles. The van der Waals surface area contributed by atoms with Gasteiger partial charge in [0.25, 0.3) is 0 Å². The van der Waals surface area contributed by atoms with E-state index in [0.29, 0.717) is 50.7 Å². The standard InChI is InChI=1S/C34H35Cl2N3O6S/c1-39-14-13-23(39)20-44-34(41)32(21-7-5-4-6-8-21)38-17-24-10-12-31(46-24)33(40)45-29(16-25-26(35)18-37-19-27(25)36)22-9-11-28(42-2)30(15-22)43-3/h4-12,15,18-19,23,29,32,38H,13-14,16-17,20H2,1-3H3/t23-,29-,32?/m0/s1. The number of nitrogens with zero attached hydrogens (tertiary/aromatic N) is 2. The number of pyridine rings is 1. The monoisotopic (exact) mass is 683 g/mol. The number of carbonyl (C=O) groups is 2. The number of nitrogens with one attached hydrogen (secondary N) is 1. The van der Waals surface area contributed by atoms with E-state index in [2.05, 4.69) is 15.2 Å². The predicted octanol–water partition coefficient (Wildman–Crippen LogP) is 6.69. The second-order valence-corrected chi connectivity index (χ2v) is 12.8. The zero-order valence-corrected chi connectivity index (χ0v) is 28.0. The van der Waals surface area contributed by atoms with Gasteiger partial charge < -0.3 is 18.9 Å². The zero-order chi connectivity index (χ0) is 32.6. The smallest absolute Gasteiger partial charge is 0.348 e. The van der Waals surface area contributed by atoms with Crippen LogP contribution in [0.1, 0.15) is 49.8 Å². The van der Waals surface area contributed by atoms with Gasteiger partial charge in [0, 0.05) is 36.3 Å². The first-order valence-electron chi connectivity index (χ1n) is 14.7. The molecule has 46 heavy (non-hydrogen) atoms. The maximum absolute atomic E-state index is 13.5. The summed E-state index contributed by atoms with van der Waals surface area (Å²) in [5.41, 5.74) is 2.08. The normalized spacial score (nSPS) is 15.8. The third-order valence-corrected chi connectivity index (χ3v) is 9.66. The number of likely N-dealkylation sites (N-methyl/N-ethyl adjacent to an activating group) is 1. The van der Waals surface area contributed by atoms with Crippen molar-refractivity contribution in [1.82, 2.24) is 15.2 Å². The van der Waals surface area contributed by atoms with Gasteiger partial charge in [0.15, 0.2) is 11.5 Å². The van der Waals surface area contributed by atoms with Crippen LogP contribution in [0.2, 0.25) is 10.0 Å². The SMILES string of the molecule is COc1ccc([C@H](Cc2c(Cl)cncc2Cl)OC(=O)c2ccc(CNC(C(=O)OC[C@@H]3CCN3C)c3ccccc3)s2)cc1OC. The molecule has 9 nitrogen and oxygen atoms in total. The van der Waals surface area contributed by atoms with E-state index >= 15 is 0 Å². The lowest BCUT2D eigenvalue weighted by Gasteiger charge is -2.37. The van der Waals surface area contributed by atoms with Gasteiger partial charge in [0.2, 0.25) is 0 Å². The molecule has 1 N–H and O–H groups in total. The zero-order valence-electron chi connectivity index (χ0n) is 25.7. The van der Waals surface area contributed by atoms with E-state index in [1.54, 1.807) is 31.4 Å². The number of ether oxygens (including phenoxy) is 4. The van der Waals surface area contributed by atoms with Gasteiger partial charge in [-0.1, -0.05) is 59.6 Å². The van der Waals surface area contributed by atoms with Gasteiger partial charge >= 0.3 is 11.9 Å². The Labute approximate surface area is 282 Å². The van der Waals surface area contributed by atoms with Crippen molar-refractivity contribution < 1.29 is 28.5 Å². The minimum atomic E-state index is -0.750. The minimum absolute atomic E-state index is 0.207. The van der Waals surface area contributed by atoms with Crippen molar-refractivity contribution >= 4 is 46.5 Å². The number of aromatic nitrogens is 1. The number of halogens is 2. The van der Waals surface area contributed by atoms with Crippen molar-refractivity contribution in [3.63, 3.8) is 0 Å². The van der Waals surface area contributed by atoms with E-state index in [1.807, 2.05) is 43.4 Å². The van der Waals surface area contributed by atoms with Crippen molar-refractivity contribution in [2.75, 3.05) is 34.4 Å². The molecule has 0 amide bonds. The summed E-state index contributed by atoms with van der Waals surface area (Å²) in [7, 11) is 5.11. The molecule has 4 aromatic rings. The van der Waals surface area contributed by atoms with E-state index in [0.717, 1.165) is 23.4 Å². The Bertz CT molecular complexity index is 1630. The van der Waals surface area contributed by atoms with Crippen LogP contribution in [-0.4, -0.2) is 62.3 Å². The molecular formula is C34H35Cl2N3O6S. The minimum Gasteiger partial charge on any atom is -0.493 e. The Kier molecular flexibility index (Phi) is 11.5. The average Bonchev–Trinajstić information content (AvgIpc) is 3.54. The quantitative estimate of drug-likeness (QED) is 0.146. The Morgan fingerprint density at radius 2 is 1.74 bits per heavy atom. The van der Waals surface area contributed by atoms with E-state index in [1.165, 1.54) is 30.8 Å². The Hall–Kier alpha value is -3.67. The molecular weight excluding hydrogens is 649 g/mol. The summed E-state index contributed by atoms with van der Waals surface area (Å²) in [6, 6.07) is 17.9. The highest BCUT2D eigenvalue weighted by molar-refractivity contribution is 7.13. The number of hydrogen-bond acceptors (Lipinski definition) is 10. The van der Waals surface area contributed by atoms with E-state index < -0.39 is 18.1 Å². The molecule has 1 saturated heterocycles. The molecule has 2 aromatic heterocycles. The lowest BCUT2D eigenvalue weighted by molar-refractivity contribution is -0.149. The number of rotatable bonds is 14. The van der Waals surface area contributed by atoms with Crippen LogP contribution in [0.5, 0.6) is 11.5 Å². The fourth-order valence-electron chi connectivity index (χ4n) is 5.10. The average molecular weight is 685 g/mol. The van der Waals surface area contributed by atoms with Gasteiger partial charge in [-0.25, -0.2) is 9.59 Å². The molecule has 1 aliphatic rings. The molecule has 3 heterocycles. The van der Waals surface area contributed by atoms with Crippen LogP contribution in [0, 0.1) is 0 Å². The summed E-state index contributed by atoms with van der Waals surface area (Å²) < 4.78 is 22.6. The van der Waals surface area contributed by atoms with Crippen LogP contribution >= 0.6 is 34.5 Å². The molecule has 3 atom stereocenters. The number of benzene rings is 2. The van der Waals surface area contributed by atoms with Gasteiger partial charge in [-0.2, -0.15) is 0 Å². The van der Waals surface area contributed by atoms with E-state index in [4.69, 9.17) is 42.1 Å². The summed E-state index contributed by atoms with van der Waals surface area (Å²) >= 11 is 14.1. The van der Waals surface area contributed by atoms with Crippen molar-refractivity contribution in [2.24, 2.45) is 0 Å². The van der Waals surface area contributed by atoms with Gasteiger partial charge in [-0.15, -0.1) is 11.3 Å². The van der Waals surface area contributed by atoms with Crippen LogP contribution in [0.25, 0.3) is 0 Å². The summed E-state index contributed by atoms with van der Waals surface area (Å²) in [5, 5.41) is 4.05. The van der Waals surface area contributed by atoms with Gasteiger partial charge in [-0.05, 0) is 61.0 Å². The first kappa shape index (κ1) is 33.7. The summed E-state index contributed by atoms with van der Waals surface area (Å²) in [4.78, 5) is 34.1. The van der Waals surface area contributed by atoms with Crippen LogP contribution in [0.15, 0.2) is 73.1 Å². The predicted molar refractivity (Wildman–Crippen MR) is 178 cm³/mol. The van der Waals surface area contributed by atoms with Crippen LogP contribution < -0.4 is 14.8 Å². The highest BCUT2D eigenvalue weighted by atomic mass is 35.5. The number of likely N-dealkylation sites (tertiary alicyclic amines) is 1. The molecule has 1 unspecified atom stereocenters. The van der Waals surface area contributed by atoms with Gasteiger partial charge in [-0.3, -0.25) is 15.2 Å². The molecule has 2 aromatic carbocycles. The number of hydrogen-bond donors (Lipinski definition) is 1. The van der Waals surface area contributed by atoms with Crippen molar-refractivity contribution in [1.29, 1.82) is 0 Å². The number of thiophene rings is 1. The molecule has 0 bridgehead atoms. The second-order valence-electron chi connectivity index (χ2n) is 10.8. The van der Waals surface area contributed by atoms with Crippen LogP contribution in [0.4, 0.5) is 0 Å². The highest BCUT2D eigenvalue weighted by Crippen LogP contribution is 2.36. The topological polar surface area (TPSA) is 99.2 Å². The molecule has 12 heteroatoms. The number of methoxy groups -OCH3 is 2. The Morgan fingerprint density at radius 1 is 1.00 bits per heavy atom. The van der Waals surface area contributed by atoms with Crippen LogP contribution in [0.3, 0.4) is 0 Å². The molecule has 0 radical (unpaired) electrons. The lowest BCUT2D eigenvalue weighted by atomic mass is 10.0. The third kappa shape index (κ3) is 8.18. The first-order valence-corrected chi connectivity index (χ1v) is 16.3. The second kappa shape index (κ2) is 15.8. The molecule has 0 saturated carbocycles. The van der Waals surface area contributed by atoms with E-state index in [-0.39, 0.29) is 18.4 Å². The fourth-order valence-corrected chi connectivity index (χ4v) is 6.46. The maximum atomic E-state index is 13.5.